The highest BCUT2D eigenvalue weighted by Gasteiger charge is 2.25. The van der Waals surface area contributed by atoms with Crippen LogP contribution in [0, 0.1) is 0 Å². The molecule has 1 aromatic heterocycles. The Kier molecular flexibility index (Phi) is 3.67. The molecule has 0 bridgehead atoms. The fourth-order valence-electron chi connectivity index (χ4n) is 3.52. The second-order valence-electron chi connectivity index (χ2n) is 6.43. The molecule has 27 heavy (non-hydrogen) atoms. The highest BCUT2D eigenvalue weighted by molar-refractivity contribution is 6.08. The second kappa shape index (κ2) is 6.32. The molecule has 2 aliphatic heterocycles. The molecule has 3 heterocycles. The first-order valence-corrected chi connectivity index (χ1v) is 8.81. The first-order valence-electron chi connectivity index (χ1n) is 8.81. The van der Waals surface area contributed by atoms with Gasteiger partial charge in [0.15, 0.2) is 11.5 Å². The number of aromatic nitrogens is 1. The number of carbonyl (C=O) groups is 1. The lowest BCUT2D eigenvalue weighted by Crippen LogP contribution is -2.21. The van der Waals surface area contributed by atoms with Crippen LogP contribution in [0.15, 0.2) is 60.8 Å². The molecule has 134 valence electrons. The second-order valence-corrected chi connectivity index (χ2v) is 6.43. The third-order valence-corrected chi connectivity index (χ3v) is 4.80. The molecule has 2 aromatic carbocycles. The Hall–Kier alpha value is -3.54. The van der Waals surface area contributed by atoms with Gasteiger partial charge in [-0.3, -0.25) is 4.79 Å². The molecule has 6 heteroatoms. The Morgan fingerprint density at radius 2 is 1.93 bits per heavy atom. The van der Waals surface area contributed by atoms with E-state index in [9.17, 15) is 4.79 Å². The van der Waals surface area contributed by atoms with Gasteiger partial charge in [0.2, 0.25) is 6.79 Å². The molecule has 1 amide bonds. The molecule has 0 unspecified atom stereocenters. The maximum atomic E-state index is 13.0. The van der Waals surface area contributed by atoms with Gasteiger partial charge >= 0.3 is 0 Å². The summed E-state index contributed by atoms with van der Waals surface area (Å²) in [4.78, 5) is 19.6. The minimum absolute atomic E-state index is 0.202. The largest absolute Gasteiger partial charge is 0.454 e. The van der Waals surface area contributed by atoms with Crippen LogP contribution in [0.4, 0.5) is 17.2 Å². The van der Waals surface area contributed by atoms with Crippen LogP contribution in [0.1, 0.15) is 15.9 Å². The number of fused-ring (bicyclic) bond motifs is 2. The van der Waals surface area contributed by atoms with Crippen LogP contribution in [-0.2, 0) is 6.42 Å². The number of ether oxygens (including phenoxy) is 2. The summed E-state index contributed by atoms with van der Waals surface area (Å²) in [7, 11) is 0. The molecule has 0 fully saturated rings. The van der Waals surface area contributed by atoms with Gasteiger partial charge in [-0.1, -0.05) is 18.2 Å². The minimum Gasteiger partial charge on any atom is -0.454 e. The van der Waals surface area contributed by atoms with Crippen molar-refractivity contribution < 1.29 is 14.3 Å². The summed E-state index contributed by atoms with van der Waals surface area (Å²) < 4.78 is 10.7. The van der Waals surface area contributed by atoms with Crippen LogP contribution in [0.2, 0.25) is 0 Å². The molecule has 0 saturated carbocycles. The van der Waals surface area contributed by atoms with Crippen molar-refractivity contribution in [3.8, 4) is 11.5 Å². The molecule has 3 aromatic rings. The number of pyridine rings is 1. The predicted molar refractivity (Wildman–Crippen MR) is 102 cm³/mol. The van der Waals surface area contributed by atoms with E-state index in [2.05, 4.69) is 27.3 Å². The highest BCUT2D eigenvalue weighted by Crippen LogP contribution is 2.36. The molecule has 0 aliphatic carbocycles. The number of amides is 1. The Morgan fingerprint density at radius 1 is 1.04 bits per heavy atom. The van der Waals surface area contributed by atoms with E-state index in [1.807, 2.05) is 12.1 Å². The van der Waals surface area contributed by atoms with E-state index in [0.29, 0.717) is 28.6 Å². The zero-order chi connectivity index (χ0) is 18.2. The van der Waals surface area contributed by atoms with Crippen LogP contribution >= 0.6 is 0 Å². The molecule has 0 radical (unpaired) electrons. The number of nitrogens with zero attached hydrogens (tertiary/aromatic N) is 2. The number of nitrogens with one attached hydrogen (secondary N) is 1. The average Bonchev–Trinajstić information content (AvgIpc) is 3.34. The normalized spacial score (nSPS) is 14.1. The van der Waals surface area contributed by atoms with Crippen molar-refractivity contribution in [2.45, 2.75) is 6.42 Å². The van der Waals surface area contributed by atoms with Crippen LogP contribution in [0.5, 0.6) is 11.5 Å². The molecule has 5 rings (SSSR count). The standard InChI is InChI=1S/C21H17N3O3/c25-21(23-15-7-8-18-19(12-15)27-13-26-18)16-5-3-10-22-20(16)24-11-9-14-4-1-2-6-17(14)24/h1-8,10,12H,9,11,13H2,(H,23,25). The number of rotatable bonds is 3. The predicted octanol–water partition coefficient (Wildman–Crippen LogP) is 3.76. The van der Waals surface area contributed by atoms with Crippen molar-refractivity contribution >= 4 is 23.1 Å². The number of hydrogen-bond acceptors (Lipinski definition) is 5. The Balaban J connectivity index is 1.45. The third kappa shape index (κ3) is 2.75. The molecule has 6 nitrogen and oxygen atoms in total. The van der Waals surface area contributed by atoms with Crippen molar-refractivity contribution in [1.82, 2.24) is 4.98 Å². The number of anilines is 3. The first kappa shape index (κ1) is 15.7. The summed E-state index contributed by atoms with van der Waals surface area (Å²) in [6, 6.07) is 17.2. The Labute approximate surface area is 156 Å². The fraction of sp³-hybridized carbons (Fsp3) is 0.143. The van der Waals surface area contributed by atoms with Crippen LogP contribution < -0.4 is 19.7 Å². The van der Waals surface area contributed by atoms with Gasteiger partial charge in [-0.2, -0.15) is 0 Å². The molecular weight excluding hydrogens is 342 g/mol. The summed E-state index contributed by atoms with van der Waals surface area (Å²) in [6.07, 6.45) is 2.66. The van der Waals surface area contributed by atoms with Crippen molar-refractivity contribution in [2.75, 3.05) is 23.6 Å². The van der Waals surface area contributed by atoms with E-state index >= 15 is 0 Å². The van der Waals surface area contributed by atoms with Crippen LogP contribution in [0.25, 0.3) is 0 Å². The quantitative estimate of drug-likeness (QED) is 0.771. The van der Waals surface area contributed by atoms with Crippen molar-refractivity contribution in [1.29, 1.82) is 0 Å². The topological polar surface area (TPSA) is 63.7 Å². The molecule has 0 saturated heterocycles. The first-order chi connectivity index (χ1) is 13.3. The Morgan fingerprint density at radius 3 is 2.89 bits per heavy atom. The number of carbonyl (C=O) groups excluding carboxylic acids is 1. The van der Waals surface area contributed by atoms with Gasteiger partial charge in [-0.25, -0.2) is 4.98 Å². The minimum atomic E-state index is -0.207. The molecule has 1 N–H and O–H groups in total. The number of para-hydroxylation sites is 1. The van der Waals surface area contributed by atoms with Crippen LogP contribution in [-0.4, -0.2) is 24.2 Å². The zero-order valence-corrected chi connectivity index (χ0v) is 14.5. The molecular formula is C21H17N3O3. The maximum Gasteiger partial charge on any atom is 0.259 e. The summed E-state index contributed by atoms with van der Waals surface area (Å²) in [5.41, 5.74) is 3.56. The Bertz CT molecular complexity index is 1030. The third-order valence-electron chi connectivity index (χ3n) is 4.80. The summed E-state index contributed by atoms with van der Waals surface area (Å²) in [6.45, 7) is 1.01. The van der Waals surface area contributed by atoms with Gasteiger partial charge < -0.3 is 19.7 Å². The van der Waals surface area contributed by atoms with E-state index in [1.165, 1.54) is 5.56 Å². The van der Waals surface area contributed by atoms with Gasteiger partial charge in [-0.05, 0) is 42.3 Å². The van der Waals surface area contributed by atoms with E-state index < -0.39 is 0 Å². The summed E-state index contributed by atoms with van der Waals surface area (Å²) in [5.74, 6) is 1.78. The van der Waals surface area contributed by atoms with Gasteiger partial charge in [-0.15, -0.1) is 0 Å². The van der Waals surface area contributed by atoms with Crippen molar-refractivity contribution in [3.63, 3.8) is 0 Å². The van der Waals surface area contributed by atoms with E-state index in [0.717, 1.165) is 18.7 Å². The number of hydrogen-bond donors (Lipinski definition) is 1. The summed E-state index contributed by atoms with van der Waals surface area (Å²) >= 11 is 0. The highest BCUT2D eigenvalue weighted by atomic mass is 16.7. The fourth-order valence-corrected chi connectivity index (χ4v) is 3.52. The number of benzene rings is 2. The lowest BCUT2D eigenvalue weighted by atomic mass is 10.1. The summed E-state index contributed by atoms with van der Waals surface area (Å²) in [5, 5.41) is 2.93. The van der Waals surface area contributed by atoms with E-state index in [4.69, 9.17) is 9.47 Å². The van der Waals surface area contributed by atoms with Gasteiger partial charge in [0.05, 0.1) is 5.56 Å². The smallest absolute Gasteiger partial charge is 0.259 e. The van der Waals surface area contributed by atoms with Gasteiger partial charge in [0.1, 0.15) is 5.82 Å². The lowest BCUT2D eigenvalue weighted by molar-refractivity contribution is 0.102. The van der Waals surface area contributed by atoms with Gasteiger partial charge in [0, 0.05) is 30.2 Å². The van der Waals surface area contributed by atoms with Crippen molar-refractivity contribution in [2.24, 2.45) is 0 Å². The van der Waals surface area contributed by atoms with Crippen LogP contribution in [0.3, 0.4) is 0 Å². The molecule has 0 atom stereocenters. The SMILES string of the molecule is O=C(Nc1ccc2c(c1)OCO2)c1cccnc1N1CCc2ccccc21. The lowest BCUT2D eigenvalue weighted by Gasteiger charge is -2.21. The molecule has 2 aliphatic rings. The monoisotopic (exact) mass is 359 g/mol. The average molecular weight is 359 g/mol. The van der Waals surface area contributed by atoms with E-state index in [-0.39, 0.29) is 12.7 Å². The van der Waals surface area contributed by atoms with Crippen molar-refractivity contribution in [3.05, 3.63) is 71.9 Å². The molecule has 0 spiro atoms. The zero-order valence-electron chi connectivity index (χ0n) is 14.5. The maximum absolute atomic E-state index is 13.0. The van der Waals surface area contributed by atoms with Gasteiger partial charge in [0.25, 0.3) is 5.91 Å². The van der Waals surface area contributed by atoms with E-state index in [1.54, 1.807) is 36.5 Å².